The van der Waals surface area contributed by atoms with Crippen LogP contribution in [0.25, 0.3) is 11.3 Å². The predicted molar refractivity (Wildman–Crippen MR) is 65.1 cm³/mol. The molecule has 0 saturated heterocycles. The molecule has 0 aliphatic heterocycles. The summed E-state index contributed by atoms with van der Waals surface area (Å²) in [7, 11) is 0. The van der Waals surface area contributed by atoms with Crippen molar-refractivity contribution >= 4 is 5.97 Å². The summed E-state index contributed by atoms with van der Waals surface area (Å²) in [6, 6.07) is 5.37. The fourth-order valence-electron chi connectivity index (χ4n) is 1.79. The summed E-state index contributed by atoms with van der Waals surface area (Å²) in [6.07, 6.45) is 3.37. The number of carboxylic acids is 1. The summed E-state index contributed by atoms with van der Waals surface area (Å²) in [5.74, 6) is -0.748. The zero-order valence-electron chi connectivity index (χ0n) is 9.77. The predicted octanol–water partition coefficient (Wildman–Crippen LogP) is 2.90. The lowest BCUT2D eigenvalue weighted by molar-refractivity contribution is 0.0695. The van der Waals surface area contributed by atoms with Crippen LogP contribution in [0.1, 0.15) is 35.8 Å². The fraction of sp³-hybridized carbons (Fsp3) is 0.231. The Hall–Kier alpha value is -2.10. The highest BCUT2D eigenvalue weighted by molar-refractivity contribution is 5.91. The van der Waals surface area contributed by atoms with Crippen LogP contribution >= 0.6 is 0 Å². The minimum atomic E-state index is -0.898. The SMILES string of the molecule is CC(C)c1[nH]c(-c2ccncc2)cc1C(=O)O. The van der Waals surface area contributed by atoms with Gasteiger partial charge in [-0.15, -0.1) is 0 Å². The van der Waals surface area contributed by atoms with Crippen LogP contribution in [0.15, 0.2) is 30.6 Å². The van der Waals surface area contributed by atoms with E-state index in [4.69, 9.17) is 5.11 Å². The Balaban J connectivity index is 2.51. The van der Waals surface area contributed by atoms with E-state index < -0.39 is 5.97 Å². The molecule has 2 aromatic heterocycles. The summed E-state index contributed by atoms with van der Waals surface area (Å²) < 4.78 is 0. The Morgan fingerprint density at radius 3 is 2.47 bits per heavy atom. The molecule has 0 bridgehead atoms. The van der Waals surface area contributed by atoms with E-state index in [0.717, 1.165) is 17.0 Å². The fourth-order valence-corrected chi connectivity index (χ4v) is 1.79. The molecule has 0 amide bonds. The van der Waals surface area contributed by atoms with Crippen molar-refractivity contribution in [1.82, 2.24) is 9.97 Å². The molecule has 2 N–H and O–H groups in total. The Morgan fingerprint density at radius 1 is 1.35 bits per heavy atom. The Morgan fingerprint density at radius 2 is 2.00 bits per heavy atom. The van der Waals surface area contributed by atoms with Gasteiger partial charge in [0, 0.05) is 29.3 Å². The van der Waals surface area contributed by atoms with Crippen LogP contribution in [0.2, 0.25) is 0 Å². The lowest BCUT2D eigenvalue weighted by Crippen LogP contribution is -2.01. The summed E-state index contributed by atoms with van der Waals surface area (Å²) in [6.45, 7) is 3.93. The van der Waals surface area contributed by atoms with E-state index in [1.54, 1.807) is 18.5 Å². The van der Waals surface area contributed by atoms with Crippen molar-refractivity contribution < 1.29 is 9.90 Å². The van der Waals surface area contributed by atoms with Crippen molar-refractivity contribution in [1.29, 1.82) is 0 Å². The molecule has 2 aromatic rings. The number of carbonyl (C=O) groups is 1. The second-order valence-corrected chi connectivity index (χ2v) is 4.21. The minimum absolute atomic E-state index is 0.150. The quantitative estimate of drug-likeness (QED) is 0.852. The molecule has 0 unspecified atom stereocenters. The maximum Gasteiger partial charge on any atom is 0.337 e. The van der Waals surface area contributed by atoms with Crippen LogP contribution in [0, 0.1) is 0 Å². The first kappa shape index (κ1) is 11.4. The number of pyridine rings is 1. The maximum atomic E-state index is 11.1. The lowest BCUT2D eigenvalue weighted by atomic mass is 10.1. The number of aromatic amines is 1. The van der Waals surface area contributed by atoms with Crippen molar-refractivity contribution in [3.05, 3.63) is 41.9 Å². The van der Waals surface area contributed by atoms with Gasteiger partial charge in [-0.2, -0.15) is 0 Å². The highest BCUT2D eigenvalue weighted by Crippen LogP contribution is 2.26. The van der Waals surface area contributed by atoms with Gasteiger partial charge in [-0.05, 0) is 24.1 Å². The summed E-state index contributed by atoms with van der Waals surface area (Å²) in [4.78, 5) is 18.2. The van der Waals surface area contributed by atoms with Crippen molar-refractivity contribution in [3.8, 4) is 11.3 Å². The van der Waals surface area contributed by atoms with Crippen molar-refractivity contribution in [2.75, 3.05) is 0 Å². The standard InChI is InChI=1S/C13H14N2O2/c1-8(2)12-10(13(16)17)7-11(15-12)9-3-5-14-6-4-9/h3-8,15H,1-2H3,(H,16,17). The molecule has 0 aliphatic rings. The molecule has 0 atom stereocenters. The smallest absolute Gasteiger partial charge is 0.337 e. The number of carboxylic acid groups (broad SMARTS) is 1. The van der Waals surface area contributed by atoms with E-state index >= 15 is 0 Å². The van der Waals surface area contributed by atoms with Gasteiger partial charge in [-0.25, -0.2) is 4.79 Å². The summed E-state index contributed by atoms with van der Waals surface area (Å²) in [5, 5.41) is 9.14. The summed E-state index contributed by atoms with van der Waals surface area (Å²) in [5.41, 5.74) is 2.85. The van der Waals surface area contributed by atoms with E-state index in [-0.39, 0.29) is 5.92 Å². The number of hydrogen-bond donors (Lipinski definition) is 2. The van der Waals surface area contributed by atoms with Gasteiger partial charge in [-0.1, -0.05) is 13.8 Å². The normalized spacial score (nSPS) is 10.8. The molecular weight excluding hydrogens is 216 g/mol. The zero-order chi connectivity index (χ0) is 12.4. The number of aromatic carboxylic acids is 1. The van der Waals surface area contributed by atoms with Crippen molar-refractivity contribution in [3.63, 3.8) is 0 Å². The Labute approximate surface area is 99.3 Å². The first-order valence-electron chi connectivity index (χ1n) is 5.46. The molecule has 2 heterocycles. The molecule has 0 spiro atoms. The molecule has 0 aliphatic carbocycles. The van der Waals surface area contributed by atoms with Gasteiger partial charge < -0.3 is 10.1 Å². The van der Waals surface area contributed by atoms with Crippen LogP contribution in [0.5, 0.6) is 0 Å². The third-order valence-corrected chi connectivity index (χ3v) is 2.65. The highest BCUT2D eigenvalue weighted by atomic mass is 16.4. The van der Waals surface area contributed by atoms with Gasteiger partial charge in [-0.3, -0.25) is 4.98 Å². The van der Waals surface area contributed by atoms with Crippen LogP contribution in [-0.2, 0) is 0 Å². The first-order valence-corrected chi connectivity index (χ1v) is 5.46. The first-order chi connectivity index (χ1) is 8.09. The van der Waals surface area contributed by atoms with Gasteiger partial charge in [0.25, 0.3) is 0 Å². The summed E-state index contributed by atoms with van der Waals surface area (Å²) >= 11 is 0. The third kappa shape index (κ3) is 2.20. The molecule has 2 rings (SSSR count). The van der Waals surface area contributed by atoms with Gasteiger partial charge in [0.1, 0.15) is 0 Å². The monoisotopic (exact) mass is 230 g/mol. The highest BCUT2D eigenvalue weighted by Gasteiger charge is 2.17. The zero-order valence-corrected chi connectivity index (χ0v) is 9.77. The van der Waals surface area contributed by atoms with Crippen LogP contribution < -0.4 is 0 Å². The average molecular weight is 230 g/mol. The van der Waals surface area contributed by atoms with E-state index in [1.807, 2.05) is 26.0 Å². The maximum absolute atomic E-state index is 11.1. The number of aromatic nitrogens is 2. The van der Waals surface area contributed by atoms with Crippen molar-refractivity contribution in [2.24, 2.45) is 0 Å². The number of rotatable bonds is 3. The van der Waals surface area contributed by atoms with Gasteiger partial charge in [0.2, 0.25) is 0 Å². The second-order valence-electron chi connectivity index (χ2n) is 4.21. The molecule has 4 nitrogen and oxygen atoms in total. The molecule has 0 fully saturated rings. The van der Waals surface area contributed by atoms with Crippen LogP contribution in [0.3, 0.4) is 0 Å². The molecule has 17 heavy (non-hydrogen) atoms. The van der Waals surface area contributed by atoms with Gasteiger partial charge in [0.15, 0.2) is 0 Å². The van der Waals surface area contributed by atoms with Crippen LogP contribution in [0.4, 0.5) is 0 Å². The topological polar surface area (TPSA) is 66.0 Å². The largest absolute Gasteiger partial charge is 0.478 e. The average Bonchev–Trinajstić information content (AvgIpc) is 2.75. The van der Waals surface area contributed by atoms with Gasteiger partial charge in [0.05, 0.1) is 5.56 Å². The minimum Gasteiger partial charge on any atom is -0.478 e. The second kappa shape index (κ2) is 4.41. The van der Waals surface area contributed by atoms with E-state index in [1.165, 1.54) is 0 Å². The molecule has 88 valence electrons. The van der Waals surface area contributed by atoms with E-state index in [0.29, 0.717) is 5.56 Å². The molecule has 0 radical (unpaired) electrons. The number of H-pyrrole nitrogens is 1. The number of nitrogens with one attached hydrogen (secondary N) is 1. The molecule has 0 aromatic carbocycles. The number of hydrogen-bond acceptors (Lipinski definition) is 2. The Kier molecular flexibility index (Phi) is 2.95. The van der Waals surface area contributed by atoms with Crippen LogP contribution in [-0.4, -0.2) is 21.0 Å². The third-order valence-electron chi connectivity index (χ3n) is 2.65. The van der Waals surface area contributed by atoms with E-state index in [2.05, 4.69) is 9.97 Å². The molecule has 0 saturated carbocycles. The molecular formula is C13H14N2O2. The van der Waals surface area contributed by atoms with Gasteiger partial charge >= 0.3 is 5.97 Å². The van der Waals surface area contributed by atoms with Crippen molar-refractivity contribution in [2.45, 2.75) is 19.8 Å². The molecule has 4 heteroatoms. The number of nitrogens with zero attached hydrogens (tertiary/aromatic N) is 1. The Bertz CT molecular complexity index is 530. The van der Waals surface area contributed by atoms with E-state index in [9.17, 15) is 4.79 Å². The lowest BCUT2D eigenvalue weighted by Gasteiger charge is -2.03.